The average Bonchev–Trinajstić information content (AvgIpc) is 2.98. The molecule has 130 valence electrons. The van der Waals surface area contributed by atoms with Gasteiger partial charge in [-0.3, -0.25) is 10.1 Å². The molecule has 8 nitrogen and oxygen atoms in total. The Labute approximate surface area is 144 Å². The van der Waals surface area contributed by atoms with E-state index >= 15 is 0 Å². The standard InChI is InChI=1S/C14H18N4O4S2/c1-3-4-5-12-17-18-14(23-12)16-13(19)10-8-9(24(15,20)21)6-7-11(10)22-2/h6-8H,3-5H2,1-2H3,(H2,15,20,21)(H,16,18,19). The van der Waals surface area contributed by atoms with Crippen molar-refractivity contribution in [1.82, 2.24) is 10.2 Å². The van der Waals surface area contributed by atoms with E-state index in [2.05, 4.69) is 22.4 Å². The van der Waals surface area contributed by atoms with E-state index in [0.29, 0.717) is 5.13 Å². The van der Waals surface area contributed by atoms with E-state index in [1.54, 1.807) is 0 Å². The molecule has 0 unspecified atom stereocenters. The number of sulfonamides is 1. The first-order valence-electron chi connectivity index (χ1n) is 7.19. The number of aromatic nitrogens is 2. The maximum Gasteiger partial charge on any atom is 0.261 e. The molecular formula is C14H18N4O4S2. The van der Waals surface area contributed by atoms with E-state index in [9.17, 15) is 13.2 Å². The highest BCUT2D eigenvalue weighted by atomic mass is 32.2. The lowest BCUT2D eigenvalue weighted by molar-refractivity contribution is 0.102. The predicted octanol–water partition coefficient (Wildman–Crippen LogP) is 1.79. The molecule has 1 aromatic heterocycles. The molecule has 1 aromatic carbocycles. The molecule has 1 amide bonds. The topological polar surface area (TPSA) is 124 Å². The van der Waals surface area contributed by atoms with Gasteiger partial charge in [-0.25, -0.2) is 13.6 Å². The van der Waals surface area contributed by atoms with Crippen molar-refractivity contribution < 1.29 is 17.9 Å². The second-order valence-electron chi connectivity index (χ2n) is 4.97. The van der Waals surface area contributed by atoms with Gasteiger partial charge in [0.15, 0.2) is 0 Å². The Morgan fingerprint density at radius 1 is 1.38 bits per heavy atom. The van der Waals surface area contributed by atoms with Crippen LogP contribution in [0.15, 0.2) is 23.1 Å². The number of aryl methyl sites for hydroxylation is 1. The summed E-state index contributed by atoms with van der Waals surface area (Å²) in [6, 6.07) is 3.82. The first kappa shape index (κ1) is 18.3. The Balaban J connectivity index is 2.23. The number of unbranched alkanes of at least 4 members (excludes halogenated alkanes) is 1. The summed E-state index contributed by atoms with van der Waals surface area (Å²) in [6.07, 6.45) is 2.83. The van der Waals surface area contributed by atoms with Gasteiger partial charge in [0.1, 0.15) is 10.8 Å². The molecule has 0 fully saturated rings. The molecule has 0 saturated carbocycles. The SMILES string of the molecule is CCCCc1nnc(NC(=O)c2cc(S(N)(=O)=O)ccc2OC)s1. The van der Waals surface area contributed by atoms with Crippen molar-refractivity contribution in [3.05, 3.63) is 28.8 Å². The fourth-order valence-electron chi connectivity index (χ4n) is 1.94. The fourth-order valence-corrected chi connectivity index (χ4v) is 3.26. The number of ether oxygens (including phenoxy) is 1. The second kappa shape index (κ2) is 7.69. The third-order valence-corrected chi connectivity index (χ3v) is 4.99. The van der Waals surface area contributed by atoms with E-state index < -0.39 is 15.9 Å². The van der Waals surface area contributed by atoms with Crippen LogP contribution in [0.4, 0.5) is 5.13 Å². The predicted molar refractivity (Wildman–Crippen MR) is 90.8 cm³/mol. The van der Waals surface area contributed by atoms with Crippen molar-refractivity contribution >= 4 is 32.4 Å². The number of rotatable bonds is 7. The van der Waals surface area contributed by atoms with Crippen LogP contribution in [0.5, 0.6) is 5.75 Å². The molecule has 2 aromatic rings. The number of primary sulfonamides is 1. The molecule has 0 bridgehead atoms. The van der Waals surface area contributed by atoms with E-state index in [1.807, 2.05) is 0 Å². The van der Waals surface area contributed by atoms with Gasteiger partial charge in [0.25, 0.3) is 5.91 Å². The minimum absolute atomic E-state index is 0.0503. The van der Waals surface area contributed by atoms with Crippen molar-refractivity contribution in [3.8, 4) is 5.75 Å². The Hall–Kier alpha value is -2.04. The second-order valence-corrected chi connectivity index (χ2v) is 7.59. The van der Waals surface area contributed by atoms with Gasteiger partial charge in [0.05, 0.1) is 17.6 Å². The minimum Gasteiger partial charge on any atom is -0.496 e. The maximum absolute atomic E-state index is 12.4. The van der Waals surface area contributed by atoms with E-state index in [4.69, 9.17) is 9.88 Å². The zero-order chi connectivity index (χ0) is 17.7. The van der Waals surface area contributed by atoms with Crippen molar-refractivity contribution in [2.75, 3.05) is 12.4 Å². The number of benzene rings is 1. The zero-order valence-corrected chi connectivity index (χ0v) is 14.9. The molecule has 0 radical (unpaired) electrons. The number of anilines is 1. The molecule has 0 atom stereocenters. The van der Waals surface area contributed by atoms with Gasteiger partial charge in [0, 0.05) is 6.42 Å². The van der Waals surface area contributed by atoms with Crippen molar-refractivity contribution in [1.29, 1.82) is 0 Å². The number of nitrogens with one attached hydrogen (secondary N) is 1. The molecule has 0 spiro atoms. The van der Waals surface area contributed by atoms with E-state index in [0.717, 1.165) is 24.3 Å². The number of amides is 1. The molecule has 24 heavy (non-hydrogen) atoms. The number of hydrogen-bond donors (Lipinski definition) is 2. The lowest BCUT2D eigenvalue weighted by Crippen LogP contribution is -2.16. The largest absolute Gasteiger partial charge is 0.496 e. The number of carbonyl (C=O) groups excluding carboxylic acids is 1. The number of carbonyl (C=O) groups is 1. The first-order valence-corrected chi connectivity index (χ1v) is 9.56. The highest BCUT2D eigenvalue weighted by Gasteiger charge is 2.18. The van der Waals surface area contributed by atoms with Gasteiger partial charge < -0.3 is 4.74 Å². The van der Waals surface area contributed by atoms with Crippen LogP contribution in [0.1, 0.15) is 35.1 Å². The van der Waals surface area contributed by atoms with Crippen molar-refractivity contribution in [3.63, 3.8) is 0 Å². The molecule has 3 N–H and O–H groups in total. The Morgan fingerprint density at radius 3 is 2.75 bits per heavy atom. The van der Waals surface area contributed by atoms with Crippen LogP contribution >= 0.6 is 11.3 Å². The van der Waals surface area contributed by atoms with Crippen LogP contribution < -0.4 is 15.2 Å². The number of methoxy groups -OCH3 is 1. The molecule has 0 saturated heterocycles. The Morgan fingerprint density at radius 2 is 2.12 bits per heavy atom. The number of nitrogens with zero attached hydrogens (tertiary/aromatic N) is 2. The molecule has 0 aliphatic rings. The van der Waals surface area contributed by atoms with Gasteiger partial charge in [-0.05, 0) is 24.6 Å². The average molecular weight is 370 g/mol. The summed E-state index contributed by atoms with van der Waals surface area (Å²) < 4.78 is 28.0. The summed E-state index contributed by atoms with van der Waals surface area (Å²) in [5.74, 6) is -0.314. The molecule has 10 heteroatoms. The molecule has 2 rings (SSSR count). The summed E-state index contributed by atoms with van der Waals surface area (Å²) in [6.45, 7) is 2.08. The summed E-state index contributed by atoms with van der Waals surface area (Å²) in [5.41, 5.74) is 0.0503. The molecular weight excluding hydrogens is 352 g/mol. The smallest absolute Gasteiger partial charge is 0.261 e. The maximum atomic E-state index is 12.4. The van der Waals surface area contributed by atoms with Gasteiger partial charge >= 0.3 is 0 Å². The van der Waals surface area contributed by atoms with Gasteiger partial charge in [-0.1, -0.05) is 24.7 Å². The first-order chi connectivity index (χ1) is 11.3. The third kappa shape index (κ3) is 4.49. The summed E-state index contributed by atoms with van der Waals surface area (Å²) >= 11 is 1.28. The van der Waals surface area contributed by atoms with Crippen molar-refractivity contribution in [2.24, 2.45) is 5.14 Å². The summed E-state index contributed by atoms with van der Waals surface area (Å²) in [7, 11) is -2.54. The van der Waals surface area contributed by atoms with Crippen LogP contribution in [0.25, 0.3) is 0 Å². The van der Waals surface area contributed by atoms with E-state index in [-0.39, 0.29) is 16.2 Å². The number of hydrogen-bond acceptors (Lipinski definition) is 7. The van der Waals surface area contributed by atoms with Crippen LogP contribution in [-0.4, -0.2) is 31.6 Å². The highest BCUT2D eigenvalue weighted by molar-refractivity contribution is 7.89. The van der Waals surface area contributed by atoms with Crippen LogP contribution in [-0.2, 0) is 16.4 Å². The highest BCUT2D eigenvalue weighted by Crippen LogP contribution is 2.24. The van der Waals surface area contributed by atoms with Crippen LogP contribution in [0.2, 0.25) is 0 Å². The zero-order valence-electron chi connectivity index (χ0n) is 13.3. The van der Waals surface area contributed by atoms with Crippen LogP contribution in [0, 0.1) is 0 Å². The lowest BCUT2D eigenvalue weighted by atomic mass is 10.2. The van der Waals surface area contributed by atoms with Gasteiger partial charge in [-0.15, -0.1) is 10.2 Å². The Bertz CT molecular complexity index is 833. The lowest BCUT2D eigenvalue weighted by Gasteiger charge is -2.09. The normalized spacial score (nSPS) is 11.3. The molecule has 0 aliphatic heterocycles. The van der Waals surface area contributed by atoms with Crippen LogP contribution in [0.3, 0.4) is 0 Å². The molecule has 0 aliphatic carbocycles. The fraction of sp³-hybridized carbons (Fsp3) is 0.357. The quantitative estimate of drug-likeness (QED) is 0.765. The van der Waals surface area contributed by atoms with E-state index in [1.165, 1.54) is 36.6 Å². The number of nitrogens with two attached hydrogens (primary N) is 1. The minimum atomic E-state index is -3.92. The van der Waals surface area contributed by atoms with Crippen molar-refractivity contribution in [2.45, 2.75) is 31.1 Å². The third-order valence-electron chi connectivity index (χ3n) is 3.18. The van der Waals surface area contributed by atoms with Gasteiger partial charge in [-0.2, -0.15) is 0 Å². The molecule has 1 heterocycles. The summed E-state index contributed by atoms with van der Waals surface area (Å²) in [4.78, 5) is 12.2. The summed E-state index contributed by atoms with van der Waals surface area (Å²) in [5, 5.41) is 16.8. The monoisotopic (exact) mass is 370 g/mol. The van der Waals surface area contributed by atoms with Gasteiger partial charge in [0.2, 0.25) is 15.2 Å². The Kier molecular flexibility index (Phi) is 5.86.